The summed E-state index contributed by atoms with van der Waals surface area (Å²) >= 11 is 10.1. The molecule has 2 N–H and O–H groups in total. The highest BCUT2D eigenvalue weighted by molar-refractivity contribution is 9.10. The van der Waals surface area contributed by atoms with Crippen molar-refractivity contribution in [3.8, 4) is 0 Å². The molecule has 0 aliphatic carbocycles. The lowest BCUT2D eigenvalue weighted by Crippen LogP contribution is -2.19. The molecule has 3 aromatic rings. The van der Waals surface area contributed by atoms with Crippen LogP contribution in [-0.4, -0.2) is 35.7 Å². The molecule has 10 heteroatoms. The quantitative estimate of drug-likeness (QED) is 0.187. The molecule has 6 nitrogen and oxygen atoms in total. The lowest BCUT2D eigenvalue weighted by molar-refractivity contribution is -0.119. The monoisotopic (exact) mass is 646 g/mol. The summed E-state index contributed by atoms with van der Waals surface area (Å²) < 4.78 is 2.08. The SMILES string of the molecule is O=C(CSCc1ccccc1Br)NN=Cc1ccc(C=NNC(=O)CSCc2ccccc2Br)cc1. The largest absolute Gasteiger partial charge is 0.272 e. The fourth-order valence-electron chi connectivity index (χ4n) is 2.83. The van der Waals surface area contributed by atoms with E-state index in [2.05, 4.69) is 52.9 Å². The molecule has 0 saturated carbocycles. The first-order valence-corrected chi connectivity index (χ1v) is 14.8. The van der Waals surface area contributed by atoms with E-state index >= 15 is 0 Å². The van der Waals surface area contributed by atoms with Gasteiger partial charge < -0.3 is 0 Å². The van der Waals surface area contributed by atoms with Crippen molar-refractivity contribution in [1.29, 1.82) is 0 Å². The van der Waals surface area contributed by atoms with Crippen LogP contribution < -0.4 is 10.9 Å². The molecule has 0 bridgehead atoms. The maximum atomic E-state index is 12.0. The Morgan fingerprint density at radius 3 is 1.44 bits per heavy atom. The highest BCUT2D eigenvalue weighted by atomic mass is 79.9. The summed E-state index contributed by atoms with van der Waals surface area (Å²) in [5, 5.41) is 8.03. The lowest BCUT2D eigenvalue weighted by atomic mass is 10.2. The molecule has 0 unspecified atom stereocenters. The van der Waals surface area contributed by atoms with Crippen LogP contribution in [0.5, 0.6) is 0 Å². The minimum Gasteiger partial charge on any atom is -0.272 e. The van der Waals surface area contributed by atoms with Crippen molar-refractivity contribution in [2.45, 2.75) is 11.5 Å². The smallest absolute Gasteiger partial charge is 0.250 e. The van der Waals surface area contributed by atoms with Gasteiger partial charge in [-0.1, -0.05) is 92.5 Å². The number of hydrogen-bond acceptors (Lipinski definition) is 6. The molecular formula is C26H24Br2N4O2S2. The van der Waals surface area contributed by atoms with Gasteiger partial charge in [-0.3, -0.25) is 9.59 Å². The summed E-state index contributed by atoms with van der Waals surface area (Å²) in [4.78, 5) is 24.0. The molecule has 36 heavy (non-hydrogen) atoms. The maximum absolute atomic E-state index is 12.0. The second-order valence-corrected chi connectivity index (χ2v) is 11.1. The Morgan fingerprint density at radius 1 is 0.667 bits per heavy atom. The van der Waals surface area contributed by atoms with Crippen molar-refractivity contribution in [3.05, 3.63) is 104 Å². The highest BCUT2D eigenvalue weighted by Crippen LogP contribution is 2.22. The van der Waals surface area contributed by atoms with Crippen LogP contribution >= 0.6 is 55.4 Å². The van der Waals surface area contributed by atoms with Gasteiger partial charge in [-0.25, -0.2) is 10.9 Å². The van der Waals surface area contributed by atoms with Gasteiger partial charge in [-0.2, -0.15) is 10.2 Å². The molecule has 3 aromatic carbocycles. The van der Waals surface area contributed by atoms with Gasteiger partial charge in [0.1, 0.15) is 0 Å². The molecule has 0 radical (unpaired) electrons. The number of rotatable bonds is 12. The van der Waals surface area contributed by atoms with Gasteiger partial charge in [0.2, 0.25) is 11.8 Å². The Labute approximate surface area is 236 Å². The van der Waals surface area contributed by atoms with Crippen molar-refractivity contribution in [2.24, 2.45) is 10.2 Å². The normalized spacial score (nSPS) is 11.2. The summed E-state index contributed by atoms with van der Waals surface area (Å²) in [6.45, 7) is 0. The van der Waals surface area contributed by atoms with Gasteiger partial charge in [-0.05, 0) is 34.4 Å². The molecule has 0 spiro atoms. The van der Waals surface area contributed by atoms with E-state index in [-0.39, 0.29) is 11.8 Å². The van der Waals surface area contributed by atoms with E-state index in [1.807, 2.05) is 72.8 Å². The highest BCUT2D eigenvalue weighted by Gasteiger charge is 2.04. The van der Waals surface area contributed by atoms with Crippen LogP contribution in [0.3, 0.4) is 0 Å². The number of nitrogens with one attached hydrogen (secondary N) is 2. The summed E-state index contributed by atoms with van der Waals surface area (Å²) in [6.07, 6.45) is 3.17. The Balaban J connectivity index is 1.32. The van der Waals surface area contributed by atoms with Crippen LogP contribution in [0.15, 0.2) is 91.9 Å². The zero-order valence-corrected chi connectivity index (χ0v) is 24.0. The molecule has 0 saturated heterocycles. The molecular weight excluding hydrogens is 624 g/mol. The van der Waals surface area contributed by atoms with Gasteiger partial charge in [0.25, 0.3) is 0 Å². The number of hydrogen-bond donors (Lipinski definition) is 2. The Morgan fingerprint density at radius 2 is 1.06 bits per heavy atom. The third-order valence-electron chi connectivity index (χ3n) is 4.64. The van der Waals surface area contributed by atoms with Gasteiger partial charge in [0.15, 0.2) is 0 Å². The number of halogens is 2. The van der Waals surface area contributed by atoms with Crippen LogP contribution in [0.1, 0.15) is 22.3 Å². The van der Waals surface area contributed by atoms with Crippen LogP contribution in [0.4, 0.5) is 0 Å². The van der Waals surface area contributed by atoms with Crippen molar-refractivity contribution in [3.63, 3.8) is 0 Å². The standard InChI is InChI=1S/C26H24Br2N4O2S2/c27-23-7-3-1-5-21(23)15-35-17-25(33)31-29-13-19-9-11-20(12-10-19)14-30-32-26(34)18-36-16-22-6-2-4-8-24(22)28/h1-14H,15-18H2,(H,31,33)(H,32,34). The van der Waals surface area contributed by atoms with E-state index in [0.29, 0.717) is 11.5 Å². The average Bonchev–Trinajstić information content (AvgIpc) is 2.87. The second kappa shape index (κ2) is 15.7. The van der Waals surface area contributed by atoms with E-state index in [1.54, 1.807) is 12.4 Å². The molecule has 2 amide bonds. The molecule has 0 fully saturated rings. The number of thioether (sulfide) groups is 2. The summed E-state index contributed by atoms with van der Waals surface area (Å²) in [7, 11) is 0. The van der Waals surface area contributed by atoms with Crippen molar-refractivity contribution >= 4 is 79.6 Å². The number of carbonyl (C=O) groups is 2. The number of amides is 2. The van der Waals surface area contributed by atoms with Crippen LogP contribution in [0.2, 0.25) is 0 Å². The maximum Gasteiger partial charge on any atom is 0.250 e. The molecule has 0 aliphatic heterocycles. The van der Waals surface area contributed by atoms with E-state index < -0.39 is 0 Å². The van der Waals surface area contributed by atoms with Crippen LogP contribution in [-0.2, 0) is 21.1 Å². The van der Waals surface area contributed by atoms with Crippen LogP contribution in [0, 0.1) is 0 Å². The minimum atomic E-state index is -0.155. The third kappa shape index (κ3) is 10.3. The second-order valence-electron chi connectivity index (χ2n) is 7.42. The van der Waals surface area contributed by atoms with Gasteiger partial charge in [-0.15, -0.1) is 23.5 Å². The average molecular weight is 648 g/mol. The third-order valence-corrected chi connectivity index (χ3v) is 8.15. The first-order valence-electron chi connectivity index (χ1n) is 10.9. The first kappa shape index (κ1) is 28.2. The van der Waals surface area contributed by atoms with Crippen molar-refractivity contribution < 1.29 is 9.59 Å². The molecule has 0 heterocycles. The Bertz CT molecular complexity index is 1130. The van der Waals surface area contributed by atoms with Gasteiger partial charge >= 0.3 is 0 Å². The lowest BCUT2D eigenvalue weighted by Gasteiger charge is -2.04. The molecule has 186 valence electrons. The fraction of sp³-hybridized carbons (Fsp3) is 0.154. The summed E-state index contributed by atoms with van der Waals surface area (Å²) in [5.74, 6) is 1.82. The Hall–Kier alpha value is -2.40. The molecule has 0 aliphatic rings. The fourth-order valence-corrected chi connectivity index (χ4v) is 5.70. The zero-order chi connectivity index (χ0) is 25.6. The summed E-state index contributed by atoms with van der Waals surface area (Å²) in [5.41, 5.74) is 9.06. The Kier molecular flexibility index (Phi) is 12.3. The zero-order valence-electron chi connectivity index (χ0n) is 19.2. The van der Waals surface area contributed by atoms with Crippen LogP contribution in [0.25, 0.3) is 0 Å². The number of nitrogens with zero attached hydrogens (tertiary/aromatic N) is 2. The van der Waals surface area contributed by atoms with Crippen molar-refractivity contribution in [1.82, 2.24) is 10.9 Å². The van der Waals surface area contributed by atoms with E-state index in [9.17, 15) is 9.59 Å². The van der Waals surface area contributed by atoms with E-state index in [1.165, 1.54) is 23.5 Å². The molecule has 3 rings (SSSR count). The number of benzene rings is 3. The van der Waals surface area contributed by atoms with Crippen molar-refractivity contribution in [2.75, 3.05) is 11.5 Å². The van der Waals surface area contributed by atoms with E-state index in [4.69, 9.17) is 0 Å². The minimum absolute atomic E-state index is 0.155. The topological polar surface area (TPSA) is 82.9 Å². The first-order chi connectivity index (χ1) is 17.5. The number of carbonyl (C=O) groups excluding carboxylic acids is 2. The molecule has 0 aromatic heterocycles. The summed E-state index contributed by atoms with van der Waals surface area (Å²) in [6, 6.07) is 23.3. The predicted molar refractivity (Wildman–Crippen MR) is 159 cm³/mol. The van der Waals surface area contributed by atoms with E-state index in [0.717, 1.165) is 42.7 Å². The van der Waals surface area contributed by atoms with Gasteiger partial charge in [0, 0.05) is 20.5 Å². The van der Waals surface area contributed by atoms with Gasteiger partial charge in [0.05, 0.1) is 23.9 Å². The predicted octanol–water partition coefficient (Wildman–Crippen LogP) is 5.98. The number of hydrazone groups is 2. The molecule has 0 atom stereocenters.